The first-order valence-corrected chi connectivity index (χ1v) is 6.59. The highest BCUT2D eigenvalue weighted by Crippen LogP contribution is 2.23. The summed E-state index contributed by atoms with van der Waals surface area (Å²) in [6, 6.07) is 12.2. The Bertz CT molecular complexity index is 603. The Kier molecular flexibility index (Phi) is 4.51. The van der Waals surface area contributed by atoms with Crippen LogP contribution in [0.3, 0.4) is 0 Å². The van der Waals surface area contributed by atoms with Crippen molar-refractivity contribution < 1.29 is 13.9 Å². The summed E-state index contributed by atoms with van der Waals surface area (Å²) in [5, 5.41) is 0. The standard InChI is InChI=1S/C17H17FO2/c1-3-12-7-9-13(10-8-12)11-15(19)17-14(18)5-4-6-16(17)20-2/h4-10H,3,11H2,1-2H3. The average molecular weight is 272 g/mol. The summed E-state index contributed by atoms with van der Waals surface area (Å²) in [6.07, 6.45) is 1.12. The van der Waals surface area contributed by atoms with E-state index in [1.165, 1.54) is 24.8 Å². The molecule has 0 aliphatic heterocycles. The second-order valence-corrected chi connectivity index (χ2v) is 4.59. The molecule has 0 heterocycles. The van der Waals surface area contributed by atoms with Crippen LogP contribution in [0.15, 0.2) is 42.5 Å². The molecule has 0 aliphatic rings. The van der Waals surface area contributed by atoms with E-state index in [0.717, 1.165) is 12.0 Å². The predicted octanol–water partition coefficient (Wildman–Crippen LogP) is 3.82. The zero-order valence-electron chi connectivity index (χ0n) is 11.7. The summed E-state index contributed by atoms with van der Waals surface area (Å²) in [7, 11) is 1.43. The normalized spacial score (nSPS) is 10.3. The average Bonchev–Trinajstić information content (AvgIpc) is 2.47. The second kappa shape index (κ2) is 6.33. The number of ether oxygens (including phenoxy) is 1. The zero-order valence-corrected chi connectivity index (χ0v) is 11.7. The Labute approximate surface area is 118 Å². The van der Waals surface area contributed by atoms with Crippen LogP contribution in [0.2, 0.25) is 0 Å². The summed E-state index contributed by atoms with van der Waals surface area (Å²) < 4.78 is 18.9. The van der Waals surface area contributed by atoms with Crippen molar-refractivity contribution in [2.45, 2.75) is 19.8 Å². The van der Waals surface area contributed by atoms with Gasteiger partial charge in [-0.3, -0.25) is 4.79 Å². The van der Waals surface area contributed by atoms with Crippen LogP contribution in [0.25, 0.3) is 0 Å². The number of aryl methyl sites for hydroxylation is 1. The number of methoxy groups -OCH3 is 1. The van der Waals surface area contributed by atoms with Crippen LogP contribution in [-0.2, 0) is 12.8 Å². The maximum absolute atomic E-state index is 13.8. The molecule has 3 heteroatoms. The number of Topliss-reactive ketones (excluding diaryl/α,β-unsaturated/α-hetero) is 1. The van der Waals surface area contributed by atoms with Crippen molar-refractivity contribution in [3.05, 3.63) is 65.0 Å². The summed E-state index contributed by atoms with van der Waals surface area (Å²) in [5.41, 5.74) is 2.11. The molecule has 0 fully saturated rings. The maximum Gasteiger partial charge on any atom is 0.173 e. The van der Waals surface area contributed by atoms with Gasteiger partial charge >= 0.3 is 0 Å². The van der Waals surface area contributed by atoms with Gasteiger partial charge < -0.3 is 4.74 Å². The maximum atomic E-state index is 13.8. The van der Waals surface area contributed by atoms with Crippen LogP contribution in [0.5, 0.6) is 5.75 Å². The molecule has 104 valence electrons. The van der Waals surface area contributed by atoms with Crippen molar-refractivity contribution in [1.29, 1.82) is 0 Å². The molecule has 2 aromatic carbocycles. The highest BCUT2D eigenvalue weighted by atomic mass is 19.1. The Morgan fingerprint density at radius 2 is 1.75 bits per heavy atom. The van der Waals surface area contributed by atoms with Gasteiger partial charge in [0, 0.05) is 6.42 Å². The van der Waals surface area contributed by atoms with Crippen molar-refractivity contribution in [2.24, 2.45) is 0 Å². The van der Waals surface area contributed by atoms with Crippen molar-refractivity contribution in [3.63, 3.8) is 0 Å². The molecular weight excluding hydrogens is 255 g/mol. The van der Waals surface area contributed by atoms with Gasteiger partial charge in [0.25, 0.3) is 0 Å². The van der Waals surface area contributed by atoms with Gasteiger partial charge in [0.15, 0.2) is 5.78 Å². The van der Waals surface area contributed by atoms with Crippen LogP contribution in [0.4, 0.5) is 4.39 Å². The molecule has 0 radical (unpaired) electrons. The molecule has 0 unspecified atom stereocenters. The third kappa shape index (κ3) is 3.05. The lowest BCUT2D eigenvalue weighted by Gasteiger charge is -2.09. The highest BCUT2D eigenvalue weighted by Gasteiger charge is 2.17. The minimum absolute atomic E-state index is 0.0227. The molecule has 2 aromatic rings. The first-order chi connectivity index (χ1) is 9.65. The third-order valence-corrected chi connectivity index (χ3v) is 3.27. The molecule has 0 atom stereocenters. The quantitative estimate of drug-likeness (QED) is 0.773. The van der Waals surface area contributed by atoms with Crippen molar-refractivity contribution in [3.8, 4) is 5.75 Å². The fourth-order valence-electron chi connectivity index (χ4n) is 2.11. The topological polar surface area (TPSA) is 26.3 Å². The van der Waals surface area contributed by atoms with Crippen LogP contribution in [0, 0.1) is 5.82 Å². The largest absolute Gasteiger partial charge is 0.496 e. The molecule has 0 aromatic heterocycles. The lowest BCUT2D eigenvalue weighted by molar-refractivity contribution is 0.0986. The molecule has 0 N–H and O–H groups in total. The van der Waals surface area contributed by atoms with Gasteiger partial charge in [0.05, 0.1) is 12.7 Å². The van der Waals surface area contributed by atoms with Crippen LogP contribution >= 0.6 is 0 Å². The minimum Gasteiger partial charge on any atom is -0.496 e. The van der Waals surface area contributed by atoms with Crippen LogP contribution in [-0.4, -0.2) is 12.9 Å². The van der Waals surface area contributed by atoms with Gasteiger partial charge in [-0.15, -0.1) is 0 Å². The monoisotopic (exact) mass is 272 g/mol. The first-order valence-electron chi connectivity index (χ1n) is 6.59. The fourth-order valence-corrected chi connectivity index (χ4v) is 2.11. The summed E-state index contributed by atoms with van der Waals surface area (Å²) in [4.78, 5) is 12.2. The van der Waals surface area contributed by atoms with E-state index in [1.807, 2.05) is 24.3 Å². The molecule has 2 nitrogen and oxygen atoms in total. The lowest BCUT2D eigenvalue weighted by Crippen LogP contribution is -2.08. The zero-order chi connectivity index (χ0) is 14.5. The Hall–Kier alpha value is -2.16. The van der Waals surface area contributed by atoms with Crippen molar-refractivity contribution in [1.82, 2.24) is 0 Å². The third-order valence-electron chi connectivity index (χ3n) is 3.27. The molecule has 0 saturated heterocycles. The van der Waals surface area contributed by atoms with E-state index in [1.54, 1.807) is 6.07 Å². The lowest BCUT2D eigenvalue weighted by atomic mass is 10.0. The highest BCUT2D eigenvalue weighted by molar-refractivity contribution is 6.00. The Balaban J connectivity index is 2.23. The van der Waals surface area contributed by atoms with E-state index in [9.17, 15) is 9.18 Å². The van der Waals surface area contributed by atoms with Gasteiger partial charge in [-0.05, 0) is 29.7 Å². The van der Waals surface area contributed by atoms with Gasteiger partial charge in [-0.1, -0.05) is 37.3 Å². The van der Waals surface area contributed by atoms with E-state index in [4.69, 9.17) is 4.74 Å². The predicted molar refractivity (Wildman–Crippen MR) is 76.8 cm³/mol. The molecule has 20 heavy (non-hydrogen) atoms. The number of halogens is 1. The molecule has 0 bridgehead atoms. The minimum atomic E-state index is -0.542. The van der Waals surface area contributed by atoms with E-state index in [2.05, 4.69) is 6.92 Å². The van der Waals surface area contributed by atoms with Gasteiger partial charge in [0.2, 0.25) is 0 Å². The summed E-state index contributed by atoms with van der Waals surface area (Å²) in [5.74, 6) is -0.538. The Morgan fingerprint density at radius 3 is 2.35 bits per heavy atom. The smallest absolute Gasteiger partial charge is 0.173 e. The van der Waals surface area contributed by atoms with E-state index < -0.39 is 5.82 Å². The number of carbonyl (C=O) groups excluding carboxylic acids is 1. The van der Waals surface area contributed by atoms with E-state index in [0.29, 0.717) is 0 Å². The van der Waals surface area contributed by atoms with Crippen molar-refractivity contribution in [2.75, 3.05) is 7.11 Å². The number of carbonyl (C=O) groups is 1. The first kappa shape index (κ1) is 14.3. The number of benzene rings is 2. The van der Waals surface area contributed by atoms with E-state index >= 15 is 0 Å². The molecular formula is C17H17FO2. The number of ketones is 1. The SMILES string of the molecule is CCc1ccc(CC(=O)c2c(F)cccc2OC)cc1. The van der Waals surface area contributed by atoms with Crippen LogP contribution < -0.4 is 4.74 Å². The number of hydrogen-bond acceptors (Lipinski definition) is 2. The molecule has 0 aliphatic carbocycles. The second-order valence-electron chi connectivity index (χ2n) is 4.59. The molecule has 0 amide bonds. The number of hydrogen-bond donors (Lipinski definition) is 0. The van der Waals surface area contributed by atoms with Gasteiger partial charge in [-0.25, -0.2) is 4.39 Å². The number of rotatable bonds is 5. The summed E-state index contributed by atoms with van der Waals surface area (Å²) in [6.45, 7) is 2.07. The van der Waals surface area contributed by atoms with E-state index in [-0.39, 0.29) is 23.5 Å². The molecule has 0 saturated carbocycles. The van der Waals surface area contributed by atoms with Crippen LogP contribution in [0.1, 0.15) is 28.4 Å². The molecule has 0 spiro atoms. The van der Waals surface area contributed by atoms with Gasteiger partial charge in [-0.2, -0.15) is 0 Å². The molecule has 2 rings (SSSR count). The fraction of sp³-hybridized carbons (Fsp3) is 0.235. The van der Waals surface area contributed by atoms with Gasteiger partial charge in [0.1, 0.15) is 11.6 Å². The summed E-state index contributed by atoms with van der Waals surface area (Å²) >= 11 is 0. The Morgan fingerprint density at radius 1 is 1.10 bits per heavy atom. The van der Waals surface area contributed by atoms with Crippen molar-refractivity contribution >= 4 is 5.78 Å².